The number of ether oxygens (including phenoxy) is 1. The average Bonchev–Trinajstić information content (AvgIpc) is 2.80. The van der Waals surface area contributed by atoms with Crippen LogP contribution in [0.15, 0.2) is 76.4 Å². The first-order valence-electron chi connectivity index (χ1n) is 10.1. The first-order valence-corrected chi connectivity index (χ1v) is 11.6. The molecule has 0 radical (unpaired) electrons. The number of H-pyrrole nitrogens is 1. The number of nitrogens with zero attached hydrogens (tertiary/aromatic N) is 1. The Hall–Kier alpha value is -3.98. The van der Waals surface area contributed by atoms with E-state index >= 15 is 0 Å². The molecule has 2 N–H and O–H groups in total. The fraction of sp³-hybridized carbons (Fsp3) is 0.125. The first kappa shape index (κ1) is 22.2. The van der Waals surface area contributed by atoms with E-state index in [4.69, 9.17) is 4.74 Å². The van der Waals surface area contributed by atoms with Crippen LogP contribution in [0.1, 0.15) is 27.3 Å². The zero-order valence-electron chi connectivity index (χ0n) is 18.0. The number of hydrogen-bond acceptors (Lipinski definition) is 6. The molecule has 0 amide bonds. The molecule has 4 rings (SSSR count). The van der Waals surface area contributed by atoms with Crippen molar-refractivity contribution in [2.75, 3.05) is 4.72 Å². The molecule has 0 bridgehead atoms. The number of anilines is 1. The number of benzene rings is 3. The van der Waals surface area contributed by atoms with Crippen molar-refractivity contribution in [1.29, 1.82) is 0 Å². The Morgan fingerprint density at radius 1 is 1.00 bits per heavy atom. The second kappa shape index (κ2) is 8.87. The first-order chi connectivity index (χ1) is 15.7. The van der Waals surface area contributed by atoms with E-state index < -0.39 is 16.0 Å². The summed E-state index contributed by atoms with van der Waals surface area (Å²) in [5.74, 6) is -0.449. The highest BCUT2D eigenvalue weighted by atomic mass is 32.2. The van der Waals surface area contributed by atoms with Crippen LogP contribution in [-0.2, 0) is 21.4 Å². The Morgan fingerprint density at radius 2 is 1.70 bits per heavy atom. The predicted molar refractivity (Wildman–Crippen MR) is 125 cm³/mol. The van der Waals surface area contributed by atoms with Crippen LogP contribution in [0.2, 0.25) is 0 Å². The van der Waals surface area contributed by atoms with Crippen LogP contribution in [-0.4, -0.2) is 24.4 Å². The summed E-state index contributed by atoms with van der Waals surface area (Å²) in [6, 6.07) is 17.6. The second-order valence-corrected chi connectivity index (χ2v) is 9.24. The van der Waals surface area contributed by atoms with Gasteiger partial charge in [0, 0.05) is 5.69 Å². The molecule has 168 valence electrons. The number of carbonyl (C=O) groups is 1. The van der Waals surface area contributed by atoms with E-state index in [0.29, 0.717) is 16.6 Å². The van der Waals surface area contributed by atoms with Crippen molar-refractivity contribution < 1.29 is 17.9 Å². The Bertz CT molecular complexity index is 1490. The molecule has 0 unspecified atom stereocenters. The Labute approximate surface area is 190 Å². The highest BCUT2D eigenvalue weighted by molar-refractivity contribution is 7.92. The van der Waals surface area contributed by atoms with Crippen LogP contribution in [0.25, 0.3) is 10.9 Å². The molecule has 0 saturated carbocycles. The van der Waals surface area contributed by atoms with Crippen molar-refractivity contribution in [3.05, 3.63) is 99.6 Å². The normalized spacial score (nSPS) is 11.3. The molecule has 1 heterocycles. The third kappa shape index (κ3) is 4.93. The summed E-state index contributed by atoms with van der Waals surface area (Å²) in [6.45, 7) is 3.52. The number of rotatable bonds is 6. The summed E-state index contributed by atoms with van der Waals surface area (Å²) >= 11 is 0. The van der Waals surface area contributed by atoms with Crippen molar-refractivity contribution in [2.45, 2.75) is 25.3 Å². The zero-order valence-corrected chi connectivity index (χ0v) is 18.8. The molecule has 0 aliphatic heterocycles. The number of sulfonamides is 1. The van der Waals surface area contributed by atoms with Crippen LogP contribution in [0.4, 0.5) is 5.69 Å². The third-order valence-corrected chi connectivity index (χ3v) is 6.43. The van der Waals surface area contributed by atoms with Gasteiger partial charge in [-0.05, 0) is 61.9 Å². The fourth-order valence-electron chi connectivity index (χ4n) is 3.24. The molecule has 9 heteroatoms. The molecule has 0 saturated heterocycles. The van der Waals surface area contributed by atoms with Crippen LogP contribution in [0.3, 0.4) is 0 Å². The molecule has 0 fully saturated rings. The van der Waals surface area contributed by atoms with E-state index in [1.165, 1.54) is 24.3 Å². The van der Waals surface area contributed by atoms with Gasteiger partial charge in [-0.2, -0.15) is 0 Å². The summed E-state index contributed by atoms with van der Waals surface area (Å²) in [7, 11) is -3.81. The molecule has 0 atom stereocenters. The van der Waals surface area contributed by atoms with Gasteiger partial charge in [0.1, 0.15) is 12.4 Å². The smallest absolute Gasteiger partial charge is 0.338 e. The number of aromatic amines is 1. The summed E-state index contributed by atoms with van der Waals surface area (Å²) in [5.41, 5.74) is 2.69. The van der Waals surface area contributed by atoms with Gasteiger partial charge in [0.15, 0.2) is 0 Å². The predicted octanol–water partition coefficient (Wildman–Crippen LogP) is 3.70. The maximum Gasteiger partial charge on any atom is 0.338 e. The van der Waals surface area contributed by atoms with Crippen LogP contribution in [0, 0.1) is 13.8 Å². The van der Waals surface area contributed by atoms with Gasteiger partial charge in [0.05, 0.1) is 21.4 Å². The number of aromatic nitrogens is 2. The molecule has 0 aliphatic rings. The minimum absolute atomic E-state index is 0.00984. The van der Waals surface area contributed by atoms with E-state index in [-0.39, 0.29) is 28.4 Å². The molecular formula is C24H21N3O5S. The monoisotopic (exact) mass is 463 g/mol. The molecular weight excluding hydrogens is 442 g/mol. The molecule has 3 aromatic carbocycles. The lowest BCUT2D eigenvalue weighted by Gasteiger charge is -2.09. The number of hydrogen-bond donors (Lipinski definition) is 2. The summed E-state index contributed by atoms with van der Waals surface area (Å²) < 4.78 is 32.9. The van der Waals surface area contributed by atoms with Gasteiger partial charge in [-0.15, -0.1) is 0 Å². The number of fused-ring (bicyclic) bond motifs is 1. The van der Waals surface area contributed by atoms with Crippen LogP contribution in [0.5, 0.6) is 0 Å². The number of aryl methyl sites for hydroxylation is 2. The lowest BCUT2D eigenvalue weighted by atomic mass is 10.1. The van der Waals surface area contributed by atoms with E-state index in [1.54, 1.807) is 36.4 Å². The Balaban J connectivity index is 1.45. The molecule has 1 aromatic heterocycles. The third-order valence-electron chi connectivity index (χ3n) is 5.03. The molecule has 33 heavy (non-hydrogen) atoms. The van der Waals surface area contributed by atoms with E-state index in [1.807, 2.05) is 19.9 Å². The highest BCUT2D eigenvalue weighted by Gasteiger charge is 2.16. The second-order valence-electron chi connectivity index (χ2n) is 7.56. The van der Waals surface area contributed by atoms with Gasteiger partial charge in [0.2, 0.25) is 0 Å². The SMILES string of the molecule is Cc1ccc(NS(=O)(=O)c2ccc(C(=O)OCc3nc4c(C)cccc4c(=O)[nH]3)cc2)cc1. The van der Waals surface area contributed by atoms with Crippen molar-refractivity contribution in [1.82, 2.24) is 9.97 Å². The van der Waals surface area contributed by atoms with Crippen molar-refractivity contribution >= 4 is 32.6 Å². The van der Waals surface area contributed by atoms with Gasteiger partial charge < -0.3 is 9.72 Å². The number of para-hydroxylation sites is 1. The lowest BCUT2D eigenvalue weighted by molar-refractivity contribution is 0.0462. The maximum atomic E-state index is 12.6. The quantitative estimate of drug-likeness (QED) is 0.421. The van der Waals surface area contributed by atoms with Gasteiger partial charge in [0.25, 0.3) is 15.6 Å². The van der Waals surface area contributed by atoms with Gasteiger partial charge in [-0.1, -0.05) is 29.8 Å². The number of nitrogens with one attached hydrogen (secondary N) is 2. The molecule has 0 spiro atoms. The topological polar surface area (TPSA) is 118 Å². The zero-order chi connectivity index (χ0) is 23.6. The summed E-state index contributed by atoms with van der Waals surface area (Å²) in [5, 5.41) is 0.459. The van der Waals surface area contributed by atoms with Crippen molar-refractivity contribution in [3.8, 4) is 0 Å². The van der Waals surface area contributed by atoms with E-state index in [0.717, 1.165) is 11.1 Å². The minimum Gasteiger partial charge on any atom is -0.454 e. The molecule has 0 aliphatic carbocycles. The van der Waals surface area contributed by atoms with Crippen LogP contribution < -0.4 is 10.3 Å². The number of carbonyl (C=O) groups excluding carboxylic acids is 1. The summed E-state index contributed by atoms with van der Waals surface area (Å²) in [6.07, 6.45) is 0. The highest BCUT2D eigenvalue weighted by Crippen LogP contribution is 2.18. The van der Waals surface area contributed by atoms with Gasteiger partial charge in [-0.25, -0.2) is 18.2 Å². The fourth-order valence-corrected chi connectivity index (χ4v) is 4.30. The summed E-state index contributed by atoms with van der Waals surface area (Å²) in [4.78, 5) is 31.6. The van der Waals surface area contributed by atoms with E-state index in [2.05, 4.69) is 14.7 Å². The number of esters is 1. The lowest BCUT2D eigenvalue weighted by Crippen LogP contribution is -2.15. The van der Waals surface area contributed by atoms with Crippen molar-refractivity contribution in [2.24, 2.45) is 0 Å². The molecule has 8 nitrogen and oxygen atoms in total. The largest absolute Gasteiger partial charge is 0.454 e. The maximum absolute atomic E-state index is 12.6. The standard InChI is InChI=1S/C24H21N3O5S/c1-15-6-10-18(11-7-15)27-33(30,31)19-12-8-17(9-13-19)24(29)32-14-21-25-22-16(2)4-3-5-20(22)23(28)26-21/h3-13,27H,14H2,1-2H3,(H,25,26,28). The van der Waals surface area contributed by atoms with Crippen LogP contribution >= 0.6 is 0 Å². The van der Waals surface area contributed by atoms with Gasteiger partial charge >= 0.3 is 5.97 Å². The Morgan fingerprint density at radius 3 is 2.39 bits per heavy atom. The minimum atomic E-state index is -3.81. The van der Waals surface area contributed by atoms with E-state index in [9.17, 15) is 18.0 Å². The van der Waals surface area contributed by atoms with Gasteiger partial charge in [-0.3, -0.25) is 9.52 Å². The molecule has 4 aromatic rings. The average molecular weight is 464 g/mol. The Kier molecular flexibility index (Phi) is 5.97. The van der Waals surface area contributed by atoms with Crippen molar-refractivity contribution in [3.63, 3.8) is 0 Å².